The zero-order valence-electron chi connectivity index (χ0n) is 12.1. The van der Waals surface area contributed by atoms with Gasteiger partial charge in [-0.05, 0) is 30.3 Å². The van der Waals surface area contributed by atoms with Crippen molar-refractivity contribution in [2.75, 3.05) is 13.7 Å². The van der Waals surface area contributed by atoms with Crippen LogP contribution in [0.15, 0.2) is 53.4 Å². The van der Waals surface area contributed by atoms with Crippen LogP contribution in [0.5, 0.6) is 5.75 Å². The molecule has 2 aromatic carbocycles. The topological polar surface area (TPSA) is 21.3 Å². The Morgan fingerprint density at radius 3 is 2.75 bits per heavy atom. The minimum atomic E-state index is 0.925. The molecule has 0 aliphatic carbocycles. The van der Waals surface area contributed by atoms with Crippen molar-refractivity contribution in [3.8, 4) is 5.75 Å². The molecule has 0 amide bonds. The lowest BCUT2D eigenvalue weighted by Crippen LogP contribution is -2.11. The van der Waals surface area contributed by atoms with Crippen LogP contribution in [0.25, 0.3) is 0 Å². The molecule has 0 heterocycles. The van der Waals surface area contributed by atoms with E-state index in [9.17, 15) is 0 Å². The monoisotopic (exact) mass is 287 g/mol. The summed E-state index contributed by atoms with van der Waals surface area (Å²) in [5, 5.41) is 3.35. The van der Waals surface area contributed by atoms with Crippen LogP contribution in [0.3, 0.4) is 0 Å². The van der Waals surface area contributed by atoms with Gasteiger partial charge in [0.1, 0.15) is 5.75 Å². The summed E-state index contributed by atoms with van der Waals surface area (Å²) in [7, 11) is 1.72. The summed E-state index contributed by atoms with van der Waals surface area (Å²) >= 11 is 1.84. The predicted octanol–water partition coefficient (Wildman–Crippen LogP) is 4.10. The Kier molecular flexibility index (Phi) is 5.96. The number of ether oxygens (including phenoxy) is 1. The highest BCUT2D eigenvalue weighted by Gasteiger charge is 2.03. The summed E-state index contributed by atoms with van der Waals surface area (Å²) in [4.78, 5) is 1.30. The van der Waals surface area contributed by atoms with Crippen LogP contribution >= 0.6 is 11.8 Å². The van der Waals surface area contributed by atoms with Crippen molar-refractivity contribution in [2.24, 2.45) is 0 Å². The standard InChI is InChI=1S/C17H21NOS/c1-3-18-12-14-7-6-9-16(11-14)20-13-15-8-4-5-10-17(15)19-2/h4-11,18H,3,12-13H2,1-2H3. The molecule has 0 saturated heterocycles. The predicted molar refractivity (Wildman–Crippen MR) is 86.4 cm³/mol. The molecule has 2 rings (SSSR count). The fraction of sp³-hybridized carbons (Fsp3) is 0.294. The van der Waals surface area contributed by atoms with Crippen LogP contribution < -0.4 is 10.1 Å². The van der Waals surface area contributed by atoms with Gasteiger partial charge in [0.2, 0.25) is 0 Å². The van der Waals surface area contributed by atoms with Gasteiger partial charge in [0.05, 0.1) is 7.11 Å². The van der Waals surface area contributed by atoms with Gasteiger partial charge in [0, 0.05) is 22.8 Å². The van der Waals surface area contributed by atoms with Gasteiger partial charge in [-0.15, -0.1) is 11.8 Å². The minimum absolute atomic E-state index is 0.925. The van der Waals surface area contributed by atoms with Crippen LogP contribution in [-0.4, -0.2) is 13.7 Å². The maximum atomic E-state index is 5.39. The van der Waals surface area contributed by atoms with E-state index in [0.29, 0.717) is 0 Å². The molecule has 0 atom stereocenters. The van der Waals surface area contributed by atoms with Crippen molar-refractivity contribution in [1.82, 2.24) is 5.32 Å². The van der Waals surface area contributed by atoms with Gasteiger partial charge < -0.3 is 10.1 Å². The molecule has 0 radical (unpaired) electrons. The van der Waals surface area contributed by atoms with Crippen LogP contribution in [0, 0.1) is 0 Å². The van der Waals surface area contributed by atoms with Crippen LogP contribution in [0.4, 0.5) is 0 Å². The Balaban J connectivity index is 1.99. The summed E-state index contributed by atoms with van der Waals surface area (Å²) in [6.07, 6.45) is 0. The second-order valence-corrected chi connectivity index (χ2v) is 5.58. The van der Waals surface area contributed by atoms with Gasteiger partial charge in [-0.25, -0.2) is 0 Å². The van der Waals surface area contributed by atoms with Gasteiger partial charge in [0.25, 0.3) is 0 Å². The Morgan fingerprint density at radius 2 is 1.95 bits per heavy atom. The molecular formula is C17H21NOS. The maximum absolute atomic E-state index is 5.39. The minimum Gasteiger partial charge on any atom is -0.496 e. The van der Waals surface area contributed by atoms with Gasteiger partial charge in [-0.1, -0.05) is 37.3 Å². The quantitative estimate of drug-likeness (QED) is 0.775. The molecule has 0 spiro atoms. The van der Waals surface area contributed by atoms with E-state index >= 15 is 0 Å². The molecule has 0 aliphatic rings. The van der Waals surface area contributed by atoms with E-state index in [1.807, 2.05) is 23.9 Å². The second-order valence-electron chi connectivity index (χ2n) is 4.53. The molecule has 2 aromatic rings. The zero-order valence-corrected chi connectivity index (χ0v) is 12.9. The first-order valence-electron chi connectivity index (χ1n) is 6.88. The highest BCUT2D eigenvalue weighted by molar-refractivity contribution is 7.98. The number of hydrogen-bond donors (Lipinski definition) is 1. The average molecular weight is 287 g/mol. The Hall–Kier alpha value is -1.45. The number of rotatable bonds is 7. The van der Waals surface area contributed by atoms with E-state index in [0.717, 1.165) is 24.6 Å². The highest BCUT2D eigenvalue weighted by Crippen LogP contribution is 2.28. The average Bonchev–Trinajstić information content (AvgIpc) is 2.51. The summed E-state index contributed by atoms with van der Waals surface area (Å²) in [6, 6.07) is 16.9. The van der Waals surface area contributed by atoms with Gasteiger partial charge >= 0.3 is 0 Å². The smallest absolute Gasteiger partial charge is 0.122 e. The largest absolute Gasteiger partial charge is 0.496 e. The van der Waals surface area contributed by atoms with E-state index in [-0.39, 0.29) is 0 Å². The fourth-order valence-electron chi connectivity index (χ4n) is 2.00. The first-order valence-corrected chi connectivity index (χ1v) is 7.86. The highest BCUT2D eigenvalue weighted by atomic mass is 32.2. The number of hydrogen-bond acceptors (Lipinski definition) is 3. The summed E-state index contributed by atoms with van der Waals surface area (Å²) < 4.78 is 5.39. The van der Waals surface area contributed by atoms with Crippen LogP contribution in [-0.2, 0) is 12.3 Å². The molecule has 0 aromatic heterocycles. The molecule has 2 nitrogen and oxygen atoms in total. The number of para-hydroxylation sites is 1. The number of thioether (sulfide) groups is 1. The maximum Gasteiger partial charge on any atom is 0.122 e. The molecule has 1 N–H and O–H groups in total. The summed E-state index contributed by atoms with van der Waals surface area (Å²) in [5.74, 6) is 1.89. The Morgan fingerprint density at radius 1 is 1.10 bits per heavy atom. The van der Waals surface area contributed by atoms with Crippen molar-refractivity contribution in [3.63, 3.8) is 0 Å². The molecule has 20 heavy (non-hydrogen) atoms. The normalized spacial score (nSPS) is 10.5. The lowest BCUT2D eigenvalue weighted by atomic mass is 10.2. The third kappa shape index (κ3) is 4.29. The van der Waals surface area contributed by atoms with Gasteiger partial charge in [-0.3, -0.25) is 0 Å². The van der Waals surface area contributed by atoms with E-state index in [2.05, 4.69) is 48.6 Å². The lowest BCUT2D eigenvalue weighted by Gasteiger charge is -2.09. The molecule has 0 fully saturated rings. The number of benzene rings is 2. The summed E-state index contributed by atoms with van der Waals surface area (Å²) in [5.41, 5.74) is 2.56. The lowest BCUT2D eigenvalue weighted by molar-refractivity contribution is 0.411. The first-order chi connectivity index (χ1) is 9.83. The van der Waals surface area contributed by atoms with E-state index in [1.165, 1.54) is 16.0 Å². The van der Waals surface area contributed by atoms with Gasteiger partial charge in [0.15, 0.2) is 0 Å². The molecule has 106 valence electrons. The molecular weight excluding hydrogens is 266 g/mol. The van der Waals surface area contributed by atoms with Crippen molar-refractivity contribution >= 4 is 11.8 Å². The van der Waals surface area contributed by atoms with E-state index in [4.69, 9.17) is 4.74 Å². The van der Waals surface area contributed by atoms with Crippen molar-refractivity contribution in [3.05, 3.63) is 59.7 Å². The Bertz CT molecular complexity index is 542. The first kappa shape index (κ1) is 14.9. The number of methoxy groups -OCH3 is 1. The van der Waals surface area contributed by atoms with Gasteiger partial charge in [-0.2, -0.15) is 0 Å². The molecule has 0 aliphatic heterocycles. The molecule has 0 bridgehead atoms. The molecule has 0 unspecified atom stereocenters. The van der Waals surface area contributed by atoms with E-state index in [1.54, 1.807) is 7.11 Å². The summed E-state index contributed by atoms with van der Waals surface area (Å²) in [6.45, 7) is 4.05. The zero-order chi connectivity index (χ0) is 14.2. The SMILES string of the molecule is CCNCc1cccc(SCc2ccccc2OC)c1. The second kappa shape index (κ2) is 7.98. The van der Waals surface area contributed by atoms with Crippen molar-refractivity contribution < 1.29 is 4.74 Å². The third-order valence-corrected chi connectivity index (χ3v) is 4.11. The van der Waals surface area contributed by atoms with Crippen LogP contribution in [0.2, 0.25) is 0 Å². The van der Waals surface area contributed by atoms with E-state index < -0.39 is 0 Å². The molecule has 3 heteroatoms. The van der Waals surface area contributed by atoms with Crippen molar-refractivity contribution in [1.29, 1.82) is 0 Å². The van der Waals surface area contributed by atoms with Crippen molar-refractivity contribution in [2.45, 2.75) is 24.1 Å². The Labute approximate surface area is 125 Å². The van der Waals surface area contributed by atoms with Crippen LogP contribution in [0.1, 0.15) is 18.1 Å². The third-order valence-electron chi connectivity index (χ3n) is 3.06. The molecule has 0 saturated carbocycles. The number of nitrogens with one attached hydrogen (secondary N) is 1. The fourth-order valence-corrected chi connectivity index (χ4v) is 2.97.